The van der Waals surface area contributed by atoms with Gasteiger partial charge in [0.25, 0.3) is 0 Å². The van der Waals surface area contributed by atoms with E-state index in [0.29, 0.717) is 11.4 Å². The number of nitrogens with zero attached hydrogens (tertiary/aromatic N) is 4. The summed E-state index contributed by atoms with van der Waals surface area (Å²) >= 11 is 0. The van der Waals surface area contributed by atoms with E-state index >= 15 is 0 Å². The molecule has 0 aliphatic rings. The summed E-state index contributed by atoms with van der Waals surface area (Å²) in [4.78, 5) is 3.84. The first-order valence-electron chi connectivity index (χ1n) is 4.05. The molecule has 0 amide bonds. The highest BCUT2D eigenvalue weighted by molar-refractivity contribution is 5.63. The minimum atomic E-state index is 0.297. The van der Waals surface area contributed by atoms with Crippen molar-refractivity contribution in [3.05, 3.63) is 42.4 Å². The van der Waals surface area contributed by atoms with E-state index < -0.39 is 0 Å². The molecule has 0 aliphatic carbocycles. The van der Waals surface area contributed by atoms with Gasteiger partial charge in [0, 0.05) is 5.56 Å². The van der Waals surface area contributed by atoms with Gasteiger partial charge in [0.1, 0.15) is 18.1 Å². The van der Waals surface area contributed by atoms with E-state index in [4.69, 9.17) is 5.26 Å². The predicted molar refractivity (Wildman–Crippen MR) is 50.0 cm³/mol. The highest BCUT2D eigenvalue weighted by Gasteiger charge is 2.06. The molecule has 0 saturated carbocycles. The number of hydrogen-bond donors (Lipinski definition) is 0. The first kappa shape index (κ1) is 8.32. The van der Waals surface area contributed by atoms with Gasteiger partial charge in [0.05, 0.1) is 0 Å². The summed E-state index contributed by atoms with van der Waals surface area (Å²) < 4.78 is 0. The molecule has 14 heavy (non-hydrogen) atoms. The average Bonchev–Trinajstić information content (AvgIpc) is 2.30. The summed E-state index contributed by atoms with van der Waals surface area (Å²) in [5, 5.41) is 16.3. The van der Waals surface area contributed by atoms with Crippen LogP contribution in [0.15, 0.2) is 36.7 Å². The number of hydrogen-bond acceptors (Lipinski definition) is 4. The molecule has 4 nitrogen and oxygen atoms in total. The third-order valence-corrected chi connectivity index (χ3v) is 1.77. The van der Waals surface area contributed by atoms with Crippen molar-refractivity contribution in [3.8, 4) is 17.3 Å². The second-order valence-electron chi connectivity index (χ2n) is 2.64. The fraction of sp³-hybridized carbons (Fsp3) is 0. The van der Waals surface area contributed by atoms with Gasteiger partial charge in [0.2, 0.25) is 0 Å². The quantitative estimate of drug-likeness (QED) is 0.668. The monoisotopic (exact) mass is 182 g/mol. The molecular weight excluding hydrogens is 176 g/mol. The van der Waals surface area contributed by atoms with E-state index in [2.05, 4.69) is 15.2 Å². The summed E-state index contributed by atoms with van der Waals surface area (Å²) in [6, 6.07) is 11.4. The van der Waals surface area contributed by atoms with Crippen LogP contribution in [-0.2, 0) is 0 Å². The minimum absolute atomic E-state index is 0.297. The fourth-order valence-corrected chi connectivity index (χ4v) is 1.15. The predicted octanol–water partition coefficient (Wildman–Crippen LogP) is 1.41. The third-order valence-electron chi connectivity index (χ3n) is 1.77. The molecular formula is C10H6N4. The lowest BCUT2D eigenvalue weighted by atomic mass is 10.1. The van der Waals surface area contributed by atoms with E-state index in [1.54, 1.807) is 0 Å². The molecule has 0 unspecified atom stereocenters. The zero-order chi connectivity index (χ0) is 9.80. The Kier molecular flexibility index (Phi) is 2.15. The Bertz CT molecular complexity index is 473. The van der Waals surface area contributed by atoms with Crippen LogP contribution in [0.4, 0.5) is 0 Å². The van der Waals surface area contributed by atoms with E-state index in [0.717, 1.165) is 5.56 Å². The van der Waals surface area contributed by atoms with Gasteiger partial charge >= 0.3 is 0 Å². The topological polar surface area (TPSA) is 62.5 Å². The van der Waals surface area contributed by atoms with Gasteiger partial charge in [-0.05, 0) is 0 Å². The molecule has 0 N–H and O–H groups in total. The molecule has 0 atom stereocenters. The normalized spacial score (nSPS) is 9.36. The van der Waals surface area contributed by atoms with Gasteiger partial charge in [-0.1, -0.05) is 30.3 Å². The lowest BCUT2D eigenvalue weighted by Crippen LogP contribution is -1.94. The Morgan fingerprint density at radius 2 is 1.93 bits per heavy atom. The molecule has 1 heterocycles. The largest absolute Gasteiger partial charge is 0.221 e. The second-order valence-corrected chi connectivity index (χ2v) is 2.64. The van der Waals surface area contributed by atoms with Gasteiger partial charge in [-0.25, -0.2) is 4.98 Å². The molecule has 2 rings (SSSR count). The van der Waals surface area contributed by atoms with Crippen molar-refractivity contribution in [1.82, 2.24) is 15.2 Å². The zero-order valence-corrected chi connectivity index (χ0v) is 7.25. The Morgan fingerprint density at radius 1 is 1.14 bits per heavy atom. The molecule has 4 heteroatoms. The number of nitriles is 1. The molecule has 0 spiro atoms. The van der Waals surface area contributed by atoms with Crippen LogP contribution in [-0.4, -0.2) is 15.2 Å². The number of benzene rings is 1. The number of aromatic nitrogens is 3. The Labute approximate surface area is 80.9 Å². The van der Waals surface area contributed by atoms with Crippen molar-refractivity contribution >= 4 is 0 Å². The molecule has 1 aromatic carbocycles. The molecule has 0 fully saturated rings. The van der Waals surface area contributed by atoms with Crippen LogP contribution in [0.5, 0.6) is 0 Å². The molecule has 0 aliphatic heterocycles. The first-order chi connectivity index (χ1) is 6.92. The molecule has 66 valence electrons. The summed E-state index contributed by atoms with van der Waals surface area (Å²) in [5.41, 5.74) is 1.67. The van der Waals surface area contributed by atoms with Gasteiger partial charge in [-0.15, -0.1) is 10.2 Å². The van der Waals surface area contributed by atoms with Crippen molar-refractivity contribution in [3.63, 3.8) is 0 Å². The Morgan fingerprint density at radius 3 is 2.64 bits per heavy atom. The van der Waals surface area contributed by atoms with Gasteiger partial charge < -0.3 is 0 Å². The maximum absolute atomic E-state index is 8.80. The highest BCUT2D eigenvalue weighted by Crippen LogP contribution is 2.17. The smallest absolute Gasteiger partial charge is 0.170 e. The van der Waals surface area contributed by atoms with Crippen molar-refractivity contribution in [2.45, 2.75) is 0 Å². The van der Waals surface area contributed by atoms with Gasteiger partial charge in [-0.2, -0.15) is 5.26 Å². The first-order valence-corrected chi connectivity index (χ1v) is 4.05. The minimum Gasteiger partial charge on any atom is -0.221 e. The van der Waals surface area contributed by atoms with Crippen LogP contribution in [0.3, 0.4) is 0 Å². The second kappa shape index (κ2) is 3.62. The summed E-state index contributed by atoms with van der Waals surface area (Å²) in [7, 11) is 0. The SMILES string of the molecule is N#Cc1ncnnc1-c1ccccc1. The summed E-state index contributed by atoms with van der Waals surface area (Å²) in [6.45, 7) is 0. The van der Waals surface area contributed by atoms with E-state index in [1.807, 2.05) is 36.4 Å². The van der Waals surface area contributed by atoms with Crippen LogP contribution in [0.2, 0.25) is 0 Å². The average molecular weight is 182 g/mol. The Balaban J connectivity index is 2.58. The van der Waals surface area contributed by atoms with Crippen LogP contribution in [0.25, 0.3) is 11.3 Å². The van der Waals surface area contributed by atoms with Crippen LogP contribution >= 0.6 is 0 Å². The van der Waals surface area contributed by atoms with Crippen molar-refractivity contribution < 1.29 is 0 Å². The van der Waals surface area contributed by atoms with E-state index in [9.17, 15) is 0 Å². The molecule has 0 radical (unpaired) electrons. The lowest BCUT2D eigenvalue weighted by molar-refractivity contribution is 0.964. The molecule has 1 aromatic heterocycles. The number of rotatable bonds is 1. The van der Waals surface area contributed by atoms with Gasteiger partial charge in [-0.3, -0.25) is 0 Å². The molecule has 0 bridgehead atoms. The van der Waals surface area contributed by atoms with Crippen LogP contribution in [0.1, 0.15) is 5.69 Å². The lowest BCUT2D eigenvalue weighted by Gasteiger charge is -1.98. The fourth-order valence-electron chi connectivity index (χ4n) is 1.15. The van der Waals surface area contributed by atoms with Crippen molar-refractivity contribution in [1.29, 1.82) is 5.26 Å². The standard InChI is InChI=1S/C10H6N4/c11-6-9-10(14-13-7-12-9)8-4-2-1-3-5-8/h1-5,7H. The van der Waals surface area contributed by atoms with Crippen LogP contribution < -0.4 is 0 Å². The zero-order valence-electron chi connectivity index (χ0n) is 7.25. The van der Waals surface area contributed by atoms with Crippen molar-refractivity contribution in [2.75, 3.05) is 0 Å². The third kappa shape index (κ3) is 1.43. The highest BCUT2D eigenvalue weighted by atomic mass is 15.1. The molecule has 0 saturated heterocycles. The van der Waals surface area contributed by atoms with Gasteiger partial charge in [0.15, 0.2) is 5.69 Å². The maximum Gasteiger partial charge on any atom is 0.170 e. The summed E-state index contributed by atoms with van der Waals surface area (Å²) in [6.07, 6.45) is 1.27. The molecule has 2 aromatic rings. The van der Waals surface area contributed by atoms with Crippen LogP contribution in [0, 0.1) is 11.3 Å². The van der Waals surface area contributed by atoms with E-state index in [-0.39, 0.29) is 0 Å². The summed E-state index contributed by atoms with van der Waals surface area (Å²) in [5.74, 6) is 0. The van der Waals surface area contributed by atoms with Crippen molar-refractivity contribution in [2.24, 2.45) is 0 Å². The maximum atomic E-state index is 8.80. The Hall–Kier alpha value is -2.28. The van der Waals surface area contributed by atoms with E-state index in [1.165, 1.54) is 6.33 Å².